The Morgan fingerprint density at radius 1 is 1.18 bits per heavy atom. The number of nitrogens with one attached hydrogen (secondary N) is 1. The molecule has 1 spiro atoms. The lowest BCUT2D eigenvalue weighted by Crippen LogP contribution is -2.50. The van der Waals surface area contributed by atoms with Crippen LogP contribution in [0.5, 0.6) is 5.75 Å². The highest BCUT2D eigenvalue weighted by molar-refractivity contribution is 7.90. The minimum atomic E-state index is -3.77. The lowest BCUT2D eigenvalue weighted by Gasteiger charge is -2.38. The van der Waals surface area contributed by atoms with Gasteiger partial charge >= 0.3 is 6.09 Å². The second kappa shape index (κ2) is 12.5. The van der Waals surface area contributed by atoms with E-state index in [0.29, 0.717) is 30.3 Å². The summed E-state index contributed by atoms with van der Waals surface area (Å²) in [7, 11) is -7.20. The first-order valence-corrected chi connectivity index (χ1v) is 18.1. The zero-order valence-corrected chi connectivity index (χ0v) is 27.4. The number of pyridine rings is 1. The van der Waals surface area contributed by atoms with E-state index in [-0.39, 0.29) is 48.4 Å². The number of sulfonamides is 1. The first kappa shape index (κ1) is 33.1. The van der Waals surface area contributed by atoms with Gasteiger partial charge in [-0.25, -0.2) is 21.6 Å². The van der Waals surface area contributed by atoms with Crippen molar-refractivity contribution in [3.63, 3.8) is 0 Å². The zero-order valence-electron chi connectivity index (χ0n) is 25.8. The van der Waals surface area contributed by atoms with Gasteiger partial charge in [-0.3, -0.25) is 4.98 Å². The highest BCUT2D eigenvalue weighted by atomic mass is 32.2. The Kier molecular flexibility index (Phi) is 9.21. The molecule has 2 fully saturated rings. The number of aliphatic hydroxyl groups excluding tert-OH is 1. The average Bonchev–Trinajstić information content (AvgIpc) is 3.61. The molecule has 2 aromatic heterocycles. The van der Waals surface area contributed by atoms with Gasteiger partial charge in [0.05, 0.1) is 40.7 Å². The van der Waals surface area contributed by atoms with Gasteiger partial charge in [0.1, 0.15) is 29.0 Å². The van der Waals surface area contributed by atoms with Crippen LogP contribution in [0.1, 0.15) is 40.0 Å². The number of piperidine rings is 1. The van der Waals surface area contributed by atoms with Gasteiger partial charge in [-0.05, 0) is 70.4 Å². The van der Waals surface area contributed by atoms with Crippen molar-refractivity contribution in [3.8, 4) is 5.75 Å². The number of fused-ring (bicyclic) bond motifs is 1. The van der Waals surface area contributed by atoms with Crippen molar-refractivity contribution in [1.29, 1.82) is 0 Å². The van der Waals surface area contributed by atoms with Gasteiger partial charge in [-0.2, -0.15) is 4.31 Å². The number of aliphatic hydroxyl groups is 1. The average molecular weight is 665 g/mol. The molecule has 2 N–H and O–H groups in total. The van der Waals surface area contributed by atoms with E-state index < -0.39 is 49.3 Å². The molecule has 2 saturated heterocycles. The van der Waals surface area contributed by atoms with Crippen molar-refractivity contribution in [2.75, 3.05) is 39.1 Å². The van der Waals surface area contributed by atoms with Crippen molar-refractivity contribution >= 4 is 37.0 Å². The summed E-state index contributed by atoms with van der Waals surface area (Å²) in [5, 5.41) is 10.9. The van der Waals surface area contributed by atoms with E-state index in [9.17, 15) is 26.7 Å². The van der Waals surface area contributed by atoms with E-state index in [1.165, 1.54) is 27.5 Å². The Morgan fingerprint density at radius 2 is 1.91 bits per heavy atom. The molecule has 2 aliphatic heterocycles. The Bertz CT molecular complexity index is 1740. The fourth-order valence-electron chi connectivity index (χ4n) is 5.67. The maximum Gasteiger partial charge on any atom is 0.410 e. The molecule has 0 aliphatic carbocycles. The van der Waals surface area contributed by atoms with Crippen LogP contribution in [0.25, 0.3) is 11.0 Å². The number of sulfone groups is 1. The van der Waals surface area contributed by atoms with Crippen LogP contribution < -0.4 is 4.74 Å². The maximum absolute atomic E-state index is 13.4. The number of carbonyl (C=O) groups excluding carboxylic acids is 1. The summed E-state index contributed by atoms with van der Waals surface area (Å²) in [5.41, 5.74) is -0.0859. The van der Waals surface area contributed by atoms with Gasteiger partial charge in [0, 0.05) is 31.7 Å². The van der Waals surface area contributed by atoms with Gasteiger partial charge in [0.15, 0.2) is 9.84 Å². The van der Waals surface area contributed by atoms with Gasteiger partial charge in [-0.15, -0.1) is 0 Å². The molecule has 0 bridgehead atoms. The molecule has 0 radical (unpaired) electrons. The highest BCUT2D eigenvalue weighted by Gasteiger charge is 2.48. The lowest BCUT2D eigenvalue weighted by atomic mass is 9.88. The molecule has 3 aromatic rings. The standard InChI is InChI=1S/C30H40N4O9S2/c1-29(2,3)43-28(36)34(18-22(35)20-41-23-6-5-7-24(14-23)44(4,37)38)21-16-30(42-19-21)9-12-33(13-10-30)45(39,40)25-15-27-26(32-17-25)8-11-31-27/h5-8,11,14-15,17,21-22,31,35H,9-10,12-13,16,18-20H2,1-4H3/t21-,22+/m1/s1. The molecule has 45 heavy (non-hydrogen) atoms. The van der Waals surface area contributed by atoms with Gasteiger partial charge in [-0.1, -0.05) is 6.07 Å². The summed E-state index contributed by atoms with van der Waals surface area (Å²) >= 11 is 0. The molecule has 1 aromatic carbocycles. The van der Waals surface area contributed by atoms with Crippen molar-refractivity contribution in [1.82, 2.24) is 19.2 Å². The normalized spacial score (nSPS) is 19.9. The Hall–Kier alpha value is -3.24. The number of benzene rings is 1. The molecule has 0 saturated carbocycles. The summed E-state index contributed by atoms with van der Waals surface area (Å²) < 4.78 is 69.6. The SMILES string of the molecule is CC(C)(C)OC(=O)N(C[C@H](O)COc1cccc(S(C)(=O)=O)c1)[C@H]1COC2(CCN(S(=O)(=O)c3cnc4cc[nH]c4c3)CC2)C1. The van der Waals surface area contributed by atoms with Gasteiger partial charge in [0.2, 0.25) is 10.0 Å². The molecule has 5 rings (SSSR count). The quantitative estimate of drug-likeness (QED) is 0.347. The lowest BCUT2D eigenvalue weighted by molar-refractivity contribution is -0.0329. The minimum Gasteiger partial charge on any atom is -0.491 e. The summed E-state index contributed by atoms with van der Waals surface area (Å²) in [6.07, 6.45) is 3.76. The van der Waals surface area contributed by atoms with Crippen LogP contribution in [0.2, 0.25) is 0 Å². The molecule has 0 unspecified atom stereocenters. The van der Waals surface area contributed by atoms with E-state index in [1.54, 1.807) is 51.2 Å². The number of rotatable bonds is 9. The third-order valence-electron chi connectivity index (χ3n) is 7.99. The molecule has 2 aliphatic rings. The van der Waals surface area contributed by atoms with Crippen molar-refractivity contribution in [2.45, 2.75) is 73.2 Å². The van der Waals surface area contributed by atoms with E-state index in [1.807, 2.05) is 0 Å². The Balaban J connectivity index is 1.23. The Labute approximate surface area is 263 Å². The van der Waals surface area contributed by atoms with Crippen LogP contribution in [0.4, 0.5) is 4.79 Å². The second-order valence-corrected chi connectivity index (χ2v) is 16.6. The van der Waals surface area contributed by atoms with Crippen LogP contribution in [0, 0.1) is 0 Å². The number of H-pyrrole nitrogens is 1. The number of hydrogen-bond acceptors (Lipinski definition) is 10. The molecular formula is C30H40N4O9S2. The number of aromatic nitrogens is 2. The first-order chi connectivity index (χ1) is 21.0. The maximum atomic E-state index is 13.4. The fourth-order valence-corrected chi connectivity index (χ4v) is 7.74. The van der Waals surface area contributed by atoms with Gasteiger partial charge in [0.25, 0.3) is 0 Å². The van der Waals surface area contributed by atoms with Crippen molar-refractivity contribution in [3.05, 3.63) is 48.8 Å². The number of aromatic amines is 1. The van der Waals surface area contributed by atoms with Crippen LogP contribution >= 0.6 is 0 Å². The Morgan fingerprint density at radius 3 is 2.60 bits per heavy atom. The molecular weight excluding hydrogens is 624 g/mol. The van der Waals surface area contributed by atoms with Crippen LogP contribution in [-0.4, -0.2) is 110 Å². The molecule has 2 atom stereocenters. The number of amides is 1. The predicted octanol–water partition coefficient (Wildman–Crippen LogP) is 2.96. The van der Waals surface area contributed by atoms with Crippen LogP contribution in [-0.2, 0) is 29.3 Å². The summed E-state index contributed by atoms with van der Waals surface area (Å²) in [5.74, 6) is 0.272. The molecule has 15 heteroatoms. The summed E-state index contributed by atoms with van der Waals surface area (Å²) in [6, 6.07) is 8.90. The molecule has 4 heterocycles. The topological polar surface area (TPSA) is 168 Å². The van der Waals surface area contributed by atoms with E-state index >= 15 is 0 Å². The second-order valence-electron chi connectivity index (χ2n) is 12.7. The molecule has 246 valence electrons. The number of ether oxygens (including phenoxy) is 3. The largest absolute Gasteiger partial charge is 0.491 e. The number of nitrogens with zero attached hydrogens (tertiary/aromatic N) is 3. The third-order valence-corrected chi connectivity index (χ3v) is 11.0. The summed E-state index contributed by atoms with van der Waals surface area (Å²) in [4.78, 5) is 22.2. The number of hydrogen-bond donors (Lipinski definition) is 2. The van der Waals surface area contributed by atoms with E-state index in [0.717, 1.165) is 6.26 Å². The predicted molar refractivity (Wildman–Crippen MR) is 165 cm³/mol. The molecule has 1 amide bonds. The first-order valence-electron chi connectivity index (χ1n) is 14.7. The smallest absolute Gasteiger partial charge is 0.410 e. The monoisotopic (exact) mass is 664 g/mol. The summed E-state index contributed by atoms with van der Waals surface area (Å²) in [6.45, 7) is 5.64. The third kappa shape index (κ3) is 7.77. The van der Waals surface area contributed by atoms with Crippen LogP contribution in [0.3, 0.4) is 0 Å². The van der Waals surface area contributed by atoms with E-state index in [4.69, 9.17) is 14.2 Å². The van der Waals surface area contributed by atoms with Crippen LogP contribution in [0.15, 0.2) is 58.6 Å². The van der Waals surface area contributed by atoms with Gasteiger partial charge < -0.3 is 29.2 Å². The zero-order chi connectivity index (χ0) is 32.6. The van der Waals surface area contributed by atoms with E-state index in [2.05, 4.69) is 9.97 Å². The number of carbonyl (C=O) groups is 1. The van der Waals surface area contributed by atoms with Crippen molar-refractivity contribution in [2.24, 2.45) is 0 Å². The highest BCUT2D eigenvalue weighted by Crippen LogP contribution is 2.39. The fraction of sp³-hybridized carbons (Fsp3) is 0.533. The van der Waals surface area contributed by atoms with Crippen molar-refractivity contribution < 1.29 is 40.9 Å². The minimum absolute atomic E-state index is 0.0929. The molecule has 13 nitrogen and oxygen atoms in total.